The molecule has 0 aliphatic carbocycles. The number of aromatic nitrogens is 1. The summed E-state index contributed by atoms with van der Waals surface area (Å²) < 4.78 is 12.9. The number of thiazole rings is 1. The molecule has 0 radical (unpaired) electrons. The van der Waals surface area contributed by atoms with E-state index < -0.39 is 0 Å². The standard InChI is InChI=1S/C22H22N2O3S/c1-13-9-14-11-15(12-23-21(25)18-6-4-8-26-18)27-20(14)16(10-13)22-24-17-5-2-3-7-19(17)28-22/h2-3,5,7,9-10,15,18H,4,6,8,11-12H2,1H3,(H,23,25). The second-order valence-corrected chi connectivity index (χ2v) is 8.51. The SMILES string of the molecule is Cc1cc2c(c(-c3nc4ccccc4s3)c1)OC(CNC(=O)C1CCCO1)C2. The minimum absolute atomic E-state index is 0.0281. The molecule has 2 aliphatic rings. The van der Waals surface area contributed by atoms with E-state index in [2.05, 4.69) is 30.4 Å². The monoisotopic (exact) mass is 394 g/mol. The molecule has 1 aromatic heterocycles. The van der Waals surface area contributed by atoms with Crippen molar-refractivity contribution in [3.8, 4) is 16.3 Å². The van der Waals surface area contributed by atoms with Crippen LogP contribution in [0.3, 0.4) is 0 Å². The van der Waals surface area contributed by atoms with Gasteiger partial charge in [-0.1, -0.05) is 18.2 Å². The third-order valence-electron chi connectivity index (χ3n) is 5.29. The molecule has 6 heteroatoms. The van der Waals surface area contributed by atoms with Gasteiger partial charge >= 0.3 is 0 Å². The van der Waals surface area contributed by atoms with E-state index in [-0.39, 0.29) is 18.1 Å². The Labute approximate surface area is 167 Å². The molecular formula is C22H22N2O3S. The second-order valence-electron chi connectivity index (χ2n) is 7.48. The molecule has 28 heavy (non-hydrogen) atoms. The van der Waals surface area contributed by atoms with Crippen LogP contribution in [0.2, 0.25) is 0 Å². The quantitative estimate of drug-likeness (QED) is 0.730. The lowest BCUT2D eigenvalue weighted by Gasteiger charge is -2.15. The number of hydrogen-bond donors (Lipinski definition) is 1. The molecule has 1 N–H and O–H groups in total. The molecule has 2 aliphatic heterocycles. The van der Waals surface area contributed by atoms with Crippen molar-refractivity contribution in [1.82, 2.24) is 10.3 Å². The molecule has 1 amide bonds. The van der Waals surface area contributed by atoms with Gasteiger partial charge in [-0.05, 0) is 49.1 Å². The lowest BCUT2D eigenvalue weighted by Crippen LogP contribution is -2.40. The van der Waals surface area contributed by atoms with E-state index in [1.807, 2.05) is 18.2 Å². The number of rotatable bonds is 4. The molecular weight excluding hydrogens is 372 g/mol. The normalized spacial score (nSPS) is 20.9. The maximum Gasteiger partial charge on any atom is 0.249 e. The molecule has 2 atom stereocenters. The molecule has 144 valence electrons. The molecule has 3 heterocycles. The molecule has 1 saturated heterocycles. The highest BCUT2D eigenvalue weighted by molar-refractivity contribution is 7.21. The summed E-state index contributed by atoms with van der Waals surface area (Å²) in [6, 6.07) is 12.5. The molecule has 2 unspecified atom stereocenters. The van der Waals surface area contributed by atoms with Crippen LogP contribution in [0.15, 0.2) is 36.4 Å². The van der Waals surface area contributed by atoms with E-state index in [9.17, 15) is 4.79 Å². The Morgan fingerprint density at radius 2 is 2.21 bits per heavy atom. The van der Waals surface area contributed by atoms with Gasteiger partial charge in [-0.15, -0.1) is 11.3 Å². The van der Waals surface area contributed by atoms with Crippen LogP contribution >= 0.6 is 11.3 Å². The van der Waals surface area contributed by atoms with Gasteiger partial charge in [0.2, 0.25) is 5.91 Å². The minimum Gasteiger partial charge on any atom is -0.487 e. The Kier molecular flexibility index (Phi) is 4.53. The van der Waals surface area contributed by atoms with Crippen molar-refractivity contribution >= 4 is 27.5 Å². The van der Waals surface area contributed by atoms with Crippen LogP contribution in [-0.2, 0) is 16.0 Å². The number of fused-ring (bicyclic) bond motifs is 2. The van der Waals surface area contributed by atoms with Crippen LogP contribution in [0.5, 0.6) is 5.75 Å². The van der Waals surface area contributed by atoms with Crippen molar-refractivity contribution in [3.05, 3.63) is 47.5 Å². The first kappa shape index (κ1) is 17.6. The number of nitrogens with one attached hydrogen (secondary N) is 1. The van der Waals surface area contributed by atoms with Crippen molar-refractivity contribution in [2.45, 2.75) is 38.4 Å². The van der Waals surface area contributed by atoms with Gasteiger partial charge in [-0.3, -0.25) is 4.79 Å². The summed E-state index contributed by atoms with van der Waals surface area (Å²) in [7, 11) is 0. The lowest BCUT2D eigenvalue weighted by atomic mass is 10.0. The molecule has 0 saturated carbocycles. The summed E-state index contributed by atoms with van der Waals surface area (Å²) in [4.78, 5) is 17.0. The first-order chi connectivity index (χ1) is 13.7. The Morgan fingerprint density at radius 1 is 1.32 bits per heavy atom. The van der Waals surface area contributed by atoms with Crippen molar-refractivity contribution in [3.63, 3.8) is 0 Å². The minimum atomic E-state index is -0.302. The third kappa shape index (κ3) is 3.27. The van der Waals surface area contributed by atoms with E-state index in [0.29, 0.717) is 13.2 Å². The average Bonchev–Trinajstić information content (AvgIpc) is 3.43. The number of nitrogens with zero attached hydrogens (tertiary/aromatic N) is 1. The first-order valence-electron chi connectivity index (χ1n) is 9.73. The first-order valence-corrected chi connectivity index (χ1v) is 10.5. The molecule has 5 nitrogen and oxygen atoms in total. The lowest BCUT2D eigenvalue weighted by molar-refractivity contribution is -0.130. The zero-order valence-electron chi connectivity index (χ0n) is 15.7. The third-order valence-corrected chi connectivity index (χ3v) is 6.36. The molecule has 1 fully saturated rings. The van der Waals surface area contributed by atoms with Crippen molar-refractivity contribution in [1.29, 1.82) is 0 Å². The number of carbonyl (C=O) groups is 1. The van der Waals surface area contributed by atoms with Crippen LogP contribution in [0.1, 0.15) is 24.0 Å². The van der Waals surface area contributed by atoms with E-state index in [0.717, 1.165) is 41.1 Å². The highest BCUT2D eigenvalue weighted by Gasteiger charge is 2.29. The molecule has 0 spiro atoms. The summed E-state index contributed by atoms with van der Waals surface area (Å²) in [6.45, 7) is 3.27. The van der Waals surface area contributed by atoms with Crippen LogP contribution in [0.25, 0.3) is 20.8 Å². The van der Waals surface area contributed by atoms with Crippen molar-refractivity contribution in [2.24, 2.45) is 0 Å². The van der Waals surface area contributed by atoms with E-state index >= 15 is 0 Å². The van der Waals surface area contributed by atoms with Crippen molar-refractivity contribution in [2.75, 3.05) is 13.2 Å². The number of para-hydroxylation sites is 1. The van der Waals surface area contributed by atoms with Gasteiger partial charge in [0.1, 0.15) is 23.0 Å². The maximum absolute atomic E-state index is 12.2. The summed E-state index contributed by atoms with van der Waals surface area (Å²) in [6.07, 6.45) is 2.19. The Hall–Kier alpha value is -2.44. The van der Waals surface area contributed by atoms with E-state index in [1.54, 1.807) is 11.3 Å². The number of carbonyl (C=O) groups excluding carboxylic acids is 1. The van der Waals surface area contributed by atoms with Crippen LogP contribution in [0.4, 0.5) is 0 Å². The van der Waals surface area contributed by atoms with Gasteiger partial charge in [0.15, 0.2) is 0 Å². The van der Waals surface area contributed by atoms with Crippen LogP contribution in [0, 0.1) is 6.92 Å². The second kappa shape index (κ2) is 7.18. The van der Waals surface area contributed by atoms with Gasteiger partial charge in [-0.25, -0.2) is 4.98 Å². The predicted octanol–water partition coefficient (Wildman–Crippen LogP) is 3.87. The smallest absolute Gasteiger partial charge is 0.249 e. The number of ether oxygens (including phenoxy) is 2. The Bertz CT molecular complexity index is 1010. The van der Waals surface area contributed by atoms with Gasteiger partial charge in [-0.2, -0.15) is 0 Å². The van der Waals surface area contributed by atoms with E-state index in [1.165, 1.54) is 15.8 Å². The summed E-state index contributed by atoms with van der Waals surface area (Å²) in [5.74, 6) is 0.876. The number of benzene rings is 2. The summed E-state index contributed by atoms with van der Waals surface area (Å²) >= 11 is 1.68. The zero-order valence-corrected chi connectivity index (χ0v) is 16.6. The topological polar surface area (TPSA) is 60.5 Å². The van der Waals surface area contributed by atoms with Gasteiger partial charge in [0.25, 0.3) is 0 Å². The number of amides is 1. The molecule has 0 bridgehead atoms. The molecule has 2 aromatic carbocycles. The van der Waals surface area contributed by atoms with Crippen LogP contribution < -0.4 is 10.1 Å². The van der Waals surface area contributed by atoms with Gasteiger partial charge in [0.05, 0.1) is 22.3 Å². The maximum atomic E-state index is 12.2. The predicted molar refractivity (Wildman–Crippen MR) is 110 cm³/mol. The fraction of sp³-hybridized carbons (Fsp3) is 0.364. The average molecular weight is 394 g/mol. The van der Waals surface area contributed by atoms with Crippen molar-refractivity contribution < 1.29 is 14.3 Å². The number of hydrogen-bond acceptors (Lipinski definition) is 5. The zero-order chi connectivity index (χ0) is 19.1. The van der Waals surface area contributed by atoms with Gasteiger partial charge < -0.3 is 14.8 Å². The van der Waals surface area contributed by atoms with Crippen LogP contribution in [-0.4, -0.2) is 36.3 Å². The fourth-order valence-electron chi connectivity index (χ4n) is 3.97. The summed E-state index contributed by atoms with van der Waals surface area (Å²) in [5, 5.41) is 3.97. The summed E-state index contributed by atoms with van der Waals surface area (Å²) in [5.41, 5.74) is 4.44. The number of aryl methyl sites for hydroxylation is 1. The molecule has 5 rings (SSSR count). The van der Waals surface area contributed by atoms with Gasteiger partial charge in [0, 0.05) is 13.0 Å². The largest absolute Gasteiger partial charge is 0.487 e. The highest BCUT2D eigenvalue weighted by Crippen LogP contribution is 2.42. The fourth-order valence-corrected chi connectivity index (χ4v) is 4.94. The Balaban J connectivity index is 1.36. The van der Waals surface area contributed by atoms with E-state index in [4.69, 9.17) is 14.5 Å². The molecule has 3 aromatic rings. The highest BCUT2D eigenvalue weighted by atomic mass is 32.1. The Morgan fingerprint density at radius 3 is 3.04 bits per heavy atom.